The van der Waals surface area contributed by atoms with Crippen molar-refractivity contribution in [2.75, 3.05) is 26.6 Å². The van der Waals surface area contributed by atoms with Crippen molar-refractivity contribution >= 4 is 33.6 Å². The zero-order valence-corrected chi connectivity index (χ0v) is 13.9. The maximum atomic E-state index is 11.4. The van der Waals surface area contributed by atoms with Crippen molar-refractivity contribution < 1.29 is 19.1 Å². The first-order chi connectivity index (χ1) is 11.6. The minimum absolute atomic E-state index is 0.139. The summed E-state index contributed by atoms with van der Waals surface area (Å²) in [6, 6.07) is 3.30. The Balaban J connectivity index is 2.07. The SMILES string of the molecule is COc1cc(Nc2nc3sccn3c2[N+](=O)[O-])cc(OC)c1OC. The normalized spacial score (nSPS) is 10.6. The van der Waals surface area contributed by atoms with E-state index in [9.17, 15) is 10.1 Å². The van der Waals surface area contributed by atoms with Gasteiger partial charge in [0.15, 0.2) is 11.5 Å². The van der Waals surface area contributed by atoms with Gasteiger partial charge in [0.2, 0.25) is 11.6 Å². The van der Waals surface area contributed by atoms with Crippen molar-refractivity contribution in [1.29, 1.82) is 0 Å². The molecule has 24 heavy (non-hydrogen) atoms. The molecule has 0 saturated heterocycles. The highest BCUT2D eigenvalue weighted by Gasteiger charge is 2.24. The van der Waals surface area contributed by atoms with Gasteiger partial charge < -0.3 is 29.6 Å². The summed E-state index contributed by atoms with van der Waals surface area (Å²) in [5.74, 6) is 1.30. The molecule has 0 aliphatic carbocycles. The van der Waals surface area contributed by atoms with Gasteiger partial charge >= 0.3 is 5.82 Å². The monoisotopic (exact) mass is 350 g/mol. The van der Waals surface area contributed by atoms with Gasteiger partial charge in [0.05, 0.1) is 21.3 Å². The largest absolute Gasteiger partial charge is 0.493 e. The molecule has 3 aromatic rings. The molecule has 10 heteroatoms. The van der Waals surface area contributed by atoms with Gasteiger partial charge in [-0.15, -0.1) is 0 Å². The predicted octanol–water partition coefficient (Wildman–Crippen LogP) is 3.07. The summed E-state index contributed by atoms with van der Waals surface area (Å²) >= 11 is 1.31. The Morgan fingerprint density at radius 1 is 1.21 bits per heavy atom. The molecule has 0 amide bonds. The molecule has 0 atom stereocenters. The Bertz CT molecular complexity index is 879. The number of imidazole rings is 1. The number of methoxy groups -OCH3 is 3. The fourth-order valence-corrected chi connectivity index (χ4v) is 3.03. The number of hydrogen-bond acceptors (Lipinski definition) is 8. The zero-order chi connectivity index (χ0) is 17.3. The Morgan fingerprint density at radius 3 is 2.42 bits per heavy atom. The fraction of sp³-hybridized carbons (Fsp3) is 0.214. The minimum Gasteiger partial charge on any atom is -0.493 e. The quantitative estimate of drug-likeness (QED) is 0.538. The number of nitro groups is 1. The van der Waals surface area contributed by atoms with Gasteiger partial charge in [-0.2, -0.15) is 9.38 Å². The second-order valence-electron chi connectivity index (χ2n) is 4.64. The molecule has 0 aliphatic rings. The van der Waals surface area contributed by atoms with E-state index in [2.05, 4.69) is 10.3 Å². The molecule has 126 valence electrons. The number of hydrogen-bond donors (Lipinski definition) is 1. The number of ether oxygens (including phenoxy) is 3. The van der Waals surface area contributed by atoms with Crippen molar-refractivity contribution in [2.24, 2.45) is 0 Å². The number of thiazole rings is 1. The molecule has 1 N–H and O–H groups in total. The highest BCUT2D eigenvalue weighted by atomic mass is 32.1. The summed E-state index contributed by atoms with van der Waals surface area (Å²) < 4.78 is 17.2. The number of anilines is 2. The molecule has 2 heterocycles. The molecule has 3 rings (SSSR count). The van der Waals surface area contributed by atoms with Crippen molar-refractivity contribution in [3.63, 3.8) is 0 Å². The number of nitrogens with zero attached hydrogens (tertiary/aromatic N) is 3. The number of benzene rings is 1. The van der Waals surface area contributed by atoms with E-state index in [1.165, 1.54) is 37.1 Å². The number of aromatic nitrogens is 2. The second-order valence-corrected chi connectivity index (χ2v) is 5.51. The van der Waals surface area contributed by atoms with Crippen LogP contribution in [-0.2, 0) is 0 Å². The van der Waals surface area contributed by atoms with Crippen molar-refractivity contribution in [3.8, 4) is 17.2 Å². The maximum Gasteiger partial charge on any atom is 0.373 e. The molecule has 0 bridgehead atoms. The molecule has 0 unspecified atom stereocenters. The summed E-state index contributed by atoms with van der Waals surface area (Å²) in [5.41, 5.74) is 0.526. The molecule has 0 saturated carbocycles. The van der Waals surface area contributed by atoms with Crippen LogP contribution in [0, 0.1) is 10.1 Å². The third kappa shape index (κ3) is 2.56. The summed E-state index contributed by atoms with van der Waals surface area (Å²) in [7, 11) is 4.49. The summed E-state index contributed by atoms with van der Waals surface area (Å²) in [6.07, 6.45) is 1.60. The molecule has 1 aromatic carbocycles. The second kappa shape index (κ2) is 6.24. The van der Waals surface area contributed by atoms with Crippen LogP contribution >= 0.6 is 11.3 Å². The molecule has 0 radical (unpaired) electrons. The van der Waals surface area contributed by atoms with E-state index in [1.54, 1.807) is 23.7 Å². The van der Waals surface area contributed by atoms with Crippen LogP contribution in [0.5, 0.6) is 17.2 Å². The zero-order valence-electron chi connectivity index (χ0n) is 13.1. The highest BCUT2D eigenvalue weighted by molar-refractivity contribution is 7.15. The smallest absolute Gasteiger partial charge is 0.373 e. The van der Waals surface area contributed by atoms with Gasteiger partial charge in [-0.1, -0.05) is 11.3 Å². The summed E-state index contributed by atoms with van der Waals surface area (Å²) in [6.45, 7) is 0. The lowest BCUT2D eigenvalue weighted by molar-refractivity contribution is -0.389. The third-order valence-corrected chi connectivity index (χ3v) is 4.09. The minimum atomic E-state index is -0.479. The molecule has 0 spiro atoms. The van der Waals surface area contributed by atoms with Gasteiger partial charge in [0, 0.05) is 23.2 Å². The van der Waals surface area contributed by atoms with E-state index in [-0.39, 0.29) is 11.6 Å². The van der Waals surface area contributed by atoms with Crippen LogP contribution in [0.2, 0.25) is 0 Å². The average molecular weight is 350 g/mol. The first kappa shape index (κ1) is 15.9. The van der Waals surface area contributed by atoms with E-state index < -0.39 is 4.92 Å². The maximum absolute atomic E-state index is 11.4. The Kier molecular flexibility index (Phi) is 4.13. The lowest BCUT2D eigenvalue weighted by Crippen LogP contribution is -2.00. The first-order valence-corrected chi connectivity index (χ1v) is 7.64. The molecule has 9 nitrogen and oxygen atoms in total. The predicted molar refractivity (Wildman–Crippen MR) is 89.1 cm³/mol. The van der Waals surface area contributed by atoms with E-state index >= 15 is 0 Å². The van der Waals surface area contributed by atoms with Crippen LogP contribution in [0.25, 0.3) is 4.96 Å². The topological polar surface area (TPSA) is 100 Å². The van der Waals surface area contributed by atoms with E-state index in [4.69, 9.17) is 14.2 Å². The first-order valence-electron chi connectivity index (χ1n) is 6.76. The highest BCUT2D eigenvalue weighted by Crippen LogP contribution is 2.41. The lowest BCUT2D eigenvalue weighted by Gasteiger charge is -2.14. The van der Waals surface area contributed by atoms with Crippen LogP contribution in [-0.4, -0.2) is 35.6 Å². The van der Waals surface area contributed by atoms with Crippen LogP contribution in [0.3, 0.4) is 0 Å². The average Bonchev–Trinajstić information content (AvgIpc) is 3.13. The van der Waals surface area contributed by atoms with Gasteiger partial charge in [-0.05, 0) is 4.92 Å². The molecular formula is C14H14N4O5S. The number of nitrogens with one attached hydrogen (secondary N) is 1. The van der Waals surface area contributed by atoms with Crippen LogP contribution in [0.1, 0.15) is 0 Å². The van der Waals surface area contributed by atoms with Gasteiger partial charge in [-0.3, -0.25) is 0 Å². The number of fused-ring (bicyclic) bond motifs is 1. The lowest BCUT2D eigenvalue weighted by atomic mass is 10.2. The fourth-order valence-electron chi connectivity index (χ4n) is 2.32. The van der Waals surface area contributed by atoms with Gasteiger partial charge in [0.25, 0.3) is 4.96 Å². The van der Waals surface area contributed by atoms with Crippen molar-refractivity contribution in [2.45, 2.75) is 0 Å². The number of rotatable bonds is 6. The van der Waals surface area contributed by atoms with E-state index in [0.717, 1.165) is 0 Å². The molecule has 0 fully saturated rings. The Labute approximate surface area is 140 Å². The van der Waals surface area contributed by atoms with Crippen molar-refractivity contribution in [3.05, 3.63) is 33.8 Å². The van der Waals surface area contributed by atoms with Gasteiger partial charge in [-0.25, -0.2) is 0 Å². The Morgan fingerprint density at radius 2 is 1.88 bits per heavy atom. The van der Waals surface area contributed by atoms with E-state index in [0.29, 0.717) is 27.9 Å². The third-order valence-electron chi connectivity index (χ3n) is 3.34. The van der Waals surface area contributed by atoms with E-state index in [1.807, 2.05) is 0 Å². The standard InChI is InChI=1S/C14H14N4O5S/c1-21-9-6-8(7-10(22-2)11(9)23-3)15-12-13(18(19)20)17-4-5-24-14(17)16-12/h4-7,15H,1-3H3. The van der Waals surface area contributed by atoms with Crippen LogP contribution in [0.4, 0.5) is 17.3 Å². The molecular weight excluding hydrogens is 336 g/mol. The van der Waals surface area contributed by atoms with Crippen LogP contribution < -0.4 is 19.5 Å². The van der Waals surface area contributed by atoms with Crippen molar-refractivity contribution in [1.82, 2.24) is 9.38 Å². The summed E-state index contributed by atoms with van der Waals surface area (Å²) in [4.78, 5) is 15.7. The molecule has 2 aromatic heterocycles. The molecule has 0 aliphatic heterocycles. The summed E-state index contributed by atoms with van der Waals surface area (Å²) in [5, 5.41) is 16.1. The van der Waals surface area contributed by atoms with Crippen LogP contribution in [0.15, 0.2) is 23.7 Å². The Hall–Kier alpha value is -3.01. The van der Waals surface area contributed by atoms with Gasteiger partial charge in [0.1, 0.15) is 6.20 Å².